The minimum Gasteiger partial charge on any atom is -0.457 e. The Labute approximate surface area is 135 Å². The average Bonchev–Trinajstić information content (AvgIpc) is 2.75. The summed E-state index contributed by atoms with van der Waals surface area (Å²) in [6.07, 6.45) is 1.60. The summed E-state index contributed by atoms with van der Waals surface area (Å²) in [5, 5.41) is -0.454. The number of hydrogen-bond acceptors (Lipinski definition) is 7. The zero-order valence-corrected chi connectivity index (χ0v) is 14.1. The largest absolute Gasteiger partial charge is 0.457 e. The lowest BCUT2D eigenvalue weighted by Gasteiger charge is -2.43. The molecule has 0 spiro atoms. The predicted molar refractivity (Wildman–Crippen MR) is 78.7 cm³/mol. The lowest BCUT2D eigenvalue weighted by Crippen LogP contribution is -2.52. The van der Waals surface area contributed by atoms with E-state index >= 15 is 0 Å². The van der Waals surface area contributed by atoms with Crippen molar-refractivity contribution in [3.05, 3.63) is 0 Å². The SMILES string of the molecule is CCC(C)C(=O)OCC(=O)OC1C2CCC3C1OS(=O)(=O)C3C2. The van der Waals surface area contributed by atoms with E-state index in [9.17, 15) is 18.0 Å². The standard InChI is InChI=1S/C15H22O7S/c1-3-8(2)15(17)20-7-12(16)21-13-9-4-5-10-11(6-9)23(18,19)22-14(10)13/h8-11,13-14H,3-7H2,1-2H3. The first kappa shape index (κ1) is 16.7. The summed E-state index contributed by atoms with van der Waals surface area (Å²) in [4.78, 5) is 23.5. The molecule has 6 unspecified atom stereocenters. The van der Waals surface area contributed by atoms with Crippen molar-refractivity contribution in [3.63, 3.8) is 0 Å². The molecular formula is C15H22O7S. The molecule has 0 amide bonds. The van der Waals surface area contributed by atoms with Gasteiger partial charge in [-0.1, -0.05) is 13.8 Å². The highest BCUT2D eigenvalue weighted by Crippen LogP contribution is 2.52. The fraction of sp³-hybridized carbons (Fsp3) is 0.867. The van der Waals surface area contributed by atoms with Crippen molar-refractivity contribution in [2.24, 2.45) is 17.8 Å². The van der Waals surface area contributed by atoms with Gasteiger partial charge in [0.05, 0.1) is 11.2 Å². The van der Waals surface area contributed by atoms with Gasteiger partial charge in [0.1, 0.15) is 12.2 Å². The van der Waals surface area contributed by atoms with Crippen molar-refractivity contribution >= 4 is 22.1 Å². The van der Waals surface area contributed by atoms with Crippen LogP contribution in [0.4, 0.5) is 0 Å². The van der Waals surface area contributed by atoms with E-state index in [4.69, 9.17) is 13.7 Å². The predicted octanol–water partition coefficient (Wildman–Crippen LogP) is 1.01. The first-order valence-electron chi connectivity index (χ1n) is 8.11. The zero-order valence-electron chi connectivity index (χ0n) is 13.3. The molecule has 7 nitrogen and oxygen atoms in total. The van der Waals surface area contributed by atoms with Crippen LogP contribution >= 0.6 is 0 Å². The molecule has 130 valence electrons. The van der Waals surface area contributed by atoms with Gasteiger partial charge < -0.3 is 9.47 Å². The molecule has 4 fully saturated rings. The Morgan fingerprint density at radius 1 is 1.30 bits per heavy atom. The minimum absolute atomic E-state index is 0.00138. The van der Waals surface area contributed by atoms with Crippen LogP contribution in [-0.2, 0) is 33.4 Å². The van der Waals surface area contributed by atoms with Crippen LogP contribution < -0.4 is 0 Å². The summed E-state index contributed by atoms with van der Waals surface area (Å²) in [6, 6.07) is 0. The number of carbonyl (C=O) groups excluding carboxylic acids is 2. The van der Waals surface area contributed by atoms with E-state index in [-0.39, 0.29) is 17.8 Å². The number of hydrogen-bond donors (Lipinski definition) is 0. The van der Waals surface area contributed by atoms with Gasteiger partial charge in [-0.15, -0.1) is 0 Å². The number of esters is 2. The Morgan fingerprint density at radius 2 is 2.04 bits per heavy atom. The summed E-state index contributed by atoms with van der Waals surface area (Å²) in [5.74, 6) is -1.44. The van der Waals surface area contributed by atoms with E-state index in [1.807, 2.05) is 6.92 Å². The van der Waals surface area contributed by atoms with Gasteiger partial charge in [-0.05, 0) is 31.6 Å². The normalized spacial score (nSPS) is 38.1. The molecule has 3 aliphatic carbocycles. The first-order chi connectivity index (χ1) is 10.8. The van der Waals surface area contributed by atoms with Crippen molar-refractivity contribution in [1.82, 2.24) is 0 Å². The number of rotatable bonds is 5. The molecule has 23 heavy (non-hydrogen) atoms. The van der Waals surface area contributed by atoms with E-state index < -0.39 is 46.1 Å². The molecule has 0 aromatic rings. The second kappa shape index (κ2) is 6.05. The smallest absolute Gasteiger partial charge is 0.344 e. The topological polar surface area (TPSA) is 96.0 Å². The molecule has 0 radical (unpaired) electrons. The van der Waals surface area contributed by atoms with Crippen molar-refractivity contribution in [2.75, 3.05) is 6.61 Å². The van der Waals surface area contributed by atoms with Crippen molar-refractivity contribution in [3.8, 4) is 0 Å². The maximum Gasteiger partial charge on any atom is 0.344 e. The van der Waals surface area contributed by atoms with Gasteiger partial charge in [0.15, 0.2) is 6.61 Å². The minimum atomic E-state index is -3.54. The first-order valence-corrected chi connectivity index (χ1v) is 9.58. The number of ether oxygens (including phenoxy) is 2. The molecular weight excluding hydrogens is 324 g/mol. The molecule has 1 aliphatic heterocycles. The molecule has 0 aromatic carbocycles. The van der Waals surface area contributed by atoms with Crippen molar-refractivity contribution < 1.29 is 31.7 Å². The Morgan fingerprint density at radius 3 is 2.74 bits per heavy atom. The van der Waals surface area contributed by atoms with Crippen LogP contribution in [0.3, 0.4) is 0 Å². The summed E-state index contributed by atoms with van der Waals surface area (Å²) >= 11 is 0. The third-order valence-corrected chi connectivity index (χ3v) is 7.10. The van der Waals surface area contributed by atoms with E-state index in [0.717, 1.165) is 12.8 Å². The Balaban J connectivity index is 1.59. The highest BCUT2D eigenvalue weighted by molar-refractivity contribution is 7.87. The van der Waals surface area contributed by atoms with Crippen LogP contribution in [0, 0.1) is 17.8 Å². The average molecular weight is 346 g/mol. The zero-order chi connectivity index (χ0) is 16.8. The third kappa shape index (κ3) is 2.98. The molecule has 8 heteroatoms. The monoisotopic (exact) mass is 346 g/mol. The molecule has 4 rings (SSSR count). The van der Waals surface area contributed by atoms with Gasteiger partial charge in [-0.25, -0.2) is 4.79 Å². The molecule has 1 saturated heterocycles. The number of fused-ring (bicyclic) bond motifs is 1. The Kier molecular flexibility index (Phi) is 4.39. The number of carbonyl (C=O) groups is 2. The van der Waals surface area contributed by atoms with Gasteiger partial charge in [-0.3, -0.25) is 8.98 Å². The van der Waals surface area contributed by atoms with E-state index in [2.05, 4.69) is 0 Å². The van der Waals surface area contributed by atoms with Gasteiger partial charge in [0.25, 0.3) is 10.1 Å². The second-order valence-electron chi connectivity index (χ2n) is 6.70. The summed E-state index contributed by atoms with van der Waals surface area (Å²) < 4.78 is 39.4. The molecule has 6 atom stereocenters. The van der Waals surface area contributed by atoms with E-state index in [1.165, 1.54) is 0 Å². The fourth-order valence-corrected chi connectivity index (χ4v) is 5.75. The molecule has 3 saturated carbocycles. The van der Waals surface area contributed by atoms with Gasteiger partial charge in [-0.2, -0.15) is 8.42 Å². The molecule has 0 N–H and O–H groups in total. The lowest BCUT2D eigenvalue weighted by atomic mass is 9.67. The highest BCUT2D eigenvalue weighted by Gasteiger charge is 2.61. The van der Waals surface area contributed by atoms with Gasteiger partial charge >= 0.3 is 11.9 Å². The van der Waals surface area contributed by atoms with Crippen molar-refractivity contribution in [2.45, 2.75) is 57.0 Å². The van der Waals surface area contributed by atoms with E-state index in [0.29, 0.717) is 12.8 Å². The summed E-state index contributed by atoms with van der Waals surface area (Å²) in [7, 11) is -3.54. The third-order valence-electron chi connectivity index (χ3n) is 5.32. The second-order valence-corrected chi connectivity index (χ2v) is 8.48. The molecule has 4 bridgehead atoms. The van der Waals surface area contributed by atoms with Crippen LogP contribution in [-0.4, -0.2) is 44.4 Å². The molecule has 4 aliphatic rings. The quantitative estimate of drug-likeness (QED) is 0.541. The maximum absolute atomic E-state index is 12.0. The van der Waals surface area contributed by atoms with Crippen molar-refractivity contribution in [1.29, 1.82) is 0 Å². The molecule has 0 aromatic heterocycles. The van der Waals surface area contributed by atoms with Crippen LogP contribution in [0.5, 0.6) is 0 Å². The Bertz CT molecular complexity index is 599. The highest BCUT2D eigenvalue weighted by atomic mass is 32.2. The van der Waals surface area contributed by atoms with E-state index in [1.54, 1.807) is 6.92 Å². The van der Waals surface area contributed by atoms with Crippen LogP contribution in [0.15, 0.2) is 0 Å². The lowest BCUT2D eigenvalue weighted by molar-refractivity contribution is -0.176. The summed E-state index contributed by atoms with van der Waals surface area (Å²) in [6.45, 7) is 3.14. The van der Waals surface area contributed by atoms with Gasteiger partial charge in [0.2, 0.25) is 0 Å². The van der Waals surface area contributed by atoms with Gasteiger partial charge in [0, 0.05) is 5.92 Å². The van der Waals surface area contributed by atoms with Crippen LogP contribution in [0.1, 0.15) is 39.5 Å². The summed E-state index contributed by atoms with van der Waals surface area (Å²) in [5.41, 5.74) is 0. The van der Waals surface area contributed by atoms with Crippen LogP contribution in [0.25, 0.3) is 0 Å². The fourth-order valence-electron chi connectivity index (χ4n) is 3.84. The van der Waals surface area contributed by atoms with Crippen LogP contribution in [0.2, 0.25) is 0 Å². The Hall–Kier alpha value is -1.15. The molecule has 1 heterocycles. The maximum atomic E-state index is 12.0.